The van der Waals surface area contributed by atoms with Crippen LogP contribution >= 0.6 is 0 Å². The molecule has 102 valence electrons. The van der Waals surface area contributed by atoms with Crippen molar-refractivity contribution in [1.29, 1.82) is 0 Å². The van der Waals surface area contributed by atoms with Crippen LogP contribution in [0.5, 0.6) is 5.75 Å². The standard InChI is InChI=1S/C19H15NO/c1-21-19-9-5-2-6-15(19)11-10-14-12-13-18(20)17-8-4-3-7-16(14)17/h2-9,12-13H,20H2,1H3. The Morgan fingerprint density at radius 1 is 0.762 bits per heavy atom. The first-order valence-corrected chi connectivity index (χ1v) is 6.72. The first-order valence-electron chi connectivity index (χ1n) is 6.72. The van der Waals surface area contributed by atoms with Crippen molar-refractivity contribution in [3.63, 3.8) is 0 Å². The molecule has 0 unspecified atom stereocenters. The molecule has 21 heavy (non-hydrogen) atoms. The Kier molecular flexibility index (Phi) is 3.49. The van der Waals surface area contributed by atoms with Crippen LogP contribution in [0.25, 0.3) is 10.8 Å². The zero-order valence-corrected chi connectivity index (χ0v) is 11.8. The second-order valence-electron chi connectivity index (χ2n) is 4.70. The van der Waals surface area contributed by atoms with Crippen LogP contribution in [0.2, 0.25) is 0 Å². The maximum atomic E-state index is 6.01. The maximum Gasteiger partial charge on any atom is 0.134 e. The van der Waals surface area contributed by atoms with Gasteiger partial charge in [-0.3, -0.25) is 0 Å². The number of nitrogens with two attached hydrogens (primary N) is 1. The highest BCUT2D eigenvalue weighted by Gasteiger charge is 2.02. The number of para-hydroxylation sites is 1. The first kappa shape index (κ1) is 13.1. The average molecular weight is 273 g/mol. The van der Waals surface area contributed by atoms with Gasteiger partial charge in [-0.2, -0.15) is 0 Å². The summed E-state index contributed by atoms with van der Waals surface area (Å²) in [6.07, 6.45) is 0. The van der Waals surface area contributed by atoms with Gasteiger partial charge in [0.15, 0.2) is 0 Å². The Labute approximate surface area is 124 Å². The maximum absolute atomic E-state index is 6.01. The highest BCUT2D eigenvalue weighted by atomic mass is 16.5. The van der Waals surface area contributed by atoms with E-state index in [0.29, 0.717) is 0 Å². The van der Waals surface area contributed by atoms with Crippen LogP contribution in [0.3, 0.4) is 0 Å². The summed E-state index contributed by atoms with van der Waals surface area (Å²) in [5.74, 6) is 7.18. The molecule has 2 N–H and O–H groups in total. The minimum atomic E-state index is 0.772. The van der Waals surface area contributed by atoms with Gasteiger partial charge >= 0.3 is 0 Å². The van der Waals surface area contributed by atoms with Crippen molar-refractivity contribution in [2.75, 3.05) is 12.8 Å². The van der Waals surface area contributed by atoms with Crippen molar-refractivity contribution in [2.45, 2.75) is 0 Å². The van der Waals surface area contributed by atoms with Gasteiger partial charge in [0.1, 0.15) is 5.75 Å². The molecular weight excluding hydrogens is 258 g/mol. The van der Waals surface area contributed by atoms with E-state index in [1.807, 2.05) is 60.7 Å². The second kappa shape index (κ2) is 5.60. The number of benzene rings is 3. The summed E-state index contributed by atoms with van der Waals surface area (Å²) in [5, 5.41) is 2.10. The molecule has 0 saturated carbocycles. The highest BCUT2D eigenvalue weighted by molar-refractivity contribution is 5.96. The monoisotopic (exact) mass is 273 g/mol. The van der Waals surface area contributed by atoms with E-state index >= 15 is 0 Å². The van der Waals surface area contributed by atoms with Gasteiger partial charge in [0.05, 0.1) is 12.7 Å². The van der Waals surface area contributed by atoms with E-state index < -0.39 is 0 Å². The molecule has 0 aliphatic heterocycles. The van der Waals surface area contributed by atoms with Crippen molar-refractivity contribution < 1.29 is 4.74 Å². The molecule has 0 amide bonds. The average Bonchev–Trinajstić information content (AvgIpc) is 2.55. The third-order valence-corrected chi connectivity index (χ3v) is 3.40. The number of hydrogen-bond acceptors (Lipinski definition) is 2. The lowest BCUT2D eigenvalue weighted by Gasteiger charge is -2.04. The Morgan fingerprint density at radius 2 is 1.43 bits per heavy atom. The molecule has 0 aliphatic rings. The number of anilines is 1. The summed E-state index contributed by atoms with van der Waals surface area (Å²) in [6, 6.07) is 19.6. The normalized spacial score (nSPS) is 9.95. The van der Waals surface area contributed by atoms with Crippen molar-refractivity contribution in [3.8, 4) is 17.6 Å². The lowest BCUT2D eigenvalue weighted by atomic mass is 10.0. The largest absolute Gasteiger partial charge is 0.495 e. The molecular formula is C19H15NO. The Hall–Kier alpha value is -2.92. The number of ether oxygens (including phenoxy) is 1. The molecule has 2 nitrogen and oxygen atoms in total. The van der Waals surface area contributed by atoms with E-state index in [1.165, 1.54) is 0 Å². The number of fused-ring (bicyclic) bond motifs is 1. The second-order valence-corrected chi connectivity index (χ2v) is 4.70. The first-order chi connectivity index (χ1) is 10.3. The van der Waals surface area contributed by atoms with Crippen LogP contribution in [0.1, 0.15) is 11.1 Å². The molecule has 0 fully saturated rings. The summed E-state index contributed by atoms with van der Waals surface area (Å²) < 4.78 is 5.32. The van der Waals surface area contributed by atoms with Gasteiger partial charge in [-0.1, -0.05) is 48.2 Å². The smallest absolute Gasteiger partial charge is 0.134 e. The highest BCUT2D eigenvalue weighted by Crippen LogP contribution is 2.24. The van der Waals surface area contributed by atoms with E-state index in [2.05, 4.69) is 11.8 Å². The van der Waals surface area contributed by atoms with E-state index in [4.69, 9.17) is 10.5 Å². The van der Waals surface area contributed by atoms with Gasteiger partial charge in [-0.05, 0) is 29.7 Å². The van der Waals surface area contributed by atoms with E-state index in [9.17, 15) is 0 Å². The van der Waals surface area contributed by atoms with Crippen molar-refractivity contribution in [2.24, 2.45) is 0 Å². The predicted molar refractivity (Wildman–Crippen MR) is 87.3 cm³/mol. The Bertz CT molecular complexity index is 856. The zero-order valence-electron chi connectivity index (χ0n) is 11.8. The topological polar surface area (TPSA) is 35.2 Å². The fourth-order valence-electron chi connectivity index (χ4n) is 2.31. The molecule has 0 radical (unpaired) electrons. The van der Waals surface area contributed by atoms with Gasteiger partial charge in [0.2, 0.25) is 0 Å². The van der Waals surface area contributed by atoms with Crippen molar-refractivity contribution in [1.82, 2.24) is 0 Å². The van der Waals surface area contributed by atoms with Crippen molar-refractivity contribution >= 4 is 16.5 Å². The fraction of sp³-hybridized carbons (Fsp3) is 0.0526. The van der Waals surface area contributed by atoms with Gasteiger partial charge in [0.25, 0.3) is 0 Å². The number of nitrogen functional groups attached to an aromatic ring is 1. The number of methoxy groups -OCH3 is 1. The van der Waals surface area contributed by atoms with Crippen LogP contribution in [0, 0.1) is 11.8 Å². The fourth-order valence-corrected chi connectivity index (χ4v) is 2.31. The Morgan fingerprint density at radius 3 is 2.24 bits per heavy atom. The lowest BCUT2D eigenvalue weighted by molar-refractivity contribution is 0.413. The van der Waals surface area contributed by atoms with Crippen LogP contribution in [0.4, 0.5) is 5.69 Å². The quantitative estimate of drug-likeness (QED) is 0.540. The van der Waals surface area contributed by atoms with E-state index in [1.54, 1.807) is 7.11 Å². The zero-order chi connectivity index (χ0) is 14.7. The van der Waals surface area contributed by atoms with Gasteiger partial charge in [-0.25, -0.2) is 0 Å². The molecule has 3 aromatic rings. The van der Waals surface area contributed by atoms with Crippen LogP contribution in [-0.4, -0.2) is 7.11 Å². The summed E-state index contributed by atoms with van der Waals surface area (Å²) in [4.78, 5) is 0. The molecule has 0 bridgehead atoms. The summed E-state index contributed by atoms with van der Waals surface area (Å²) in [7, 11) is 1.65. The van der Waals surface area contributed by atoms with Gasteiger partial charge in [0, 0.05) is 16.6 Å². The van der Waals surface area contributed by atoms with E-state index in [-0.39, 0.29) is 0 Å². The van der Waals surface area contributed by atoms with Crippen LogP contribution in [-0.2, 0) is 0 Å². The summed E-state index contributed by atoms with van der Waals surface area (Å²) in [6.45, 7) is 0. The number of rotatable bonds is 1. The molecule has 0 aromatic heterocycles. The molecule has 0 aliphatic carbocycles. The van der Waals surface area contributed by atoms with Gasteiger partial charge < -0.3 is 10.5 Å². The molecule has 2 heteroatoms. The van der Waals surface area contributed by atoms with E-state index in [0.717, 1.165) is 33.3 Å². The SMILES string of the molecule is COc1ccccc1C#Cc1ccc(N)c2ccccc12. The van der Waals surface area contributed by atoms with Crippen molar-refractivity contribution in [3.05, 3.63) is 71.8 Å². The molecule has 0 atom stereocenters. The minimum absolute atomic E-state index is 0.772. The summed E-state index contributed by atoms with van der Waals surface area (Å²) in [5.41, 5.74) is 8.62. The minimum Gasteiger partial charge on any atom is -0.495 e. The van der Waals surface area contributed by atoms with Crippen LogP contribution < -0.4 is 10.5 Å². The number of hydrogen-bond donors (Lipinski definition) is 1. The van der Waals surface area contributed by atoms with Gasteiger partial charge in [-0.15, -0.1) is 0 Å². The molecule has 0 heterocycles. The van der Waals surface area contributed by atoms with Crippen LogP contribution in [0.15, 0.2) is 60.7 Å². The molecule has 0 saturated heterocycles. The predicted octanol–water partition coefficient (Wildman–Crippen LogP) is 3.83. The molecule has 0 spiro atoms. The Balaban J connectivity index is 2.12. The third-order valence-electron chi connectivity index (χ3n) is 3.40. The third kappa shape index (κ3) is 2.54. The molecule has 3 aromatic carbocycles. The lowest BCUT2D eigenvalue weighted by Crippen LogP contribution is -1.89. The summed E-state index contributed by atoms with van der Waals surface area (Å²) >= 11 is 0. The molecule has 3 rings (SSSR count).